The number of likely N-dealkylation sites (N-methyl/N-ethyl adjacent to an activating group) is 1. The van der Waals surface area contributed by atoms with Gasteiger partial charge in [0.2, 0.25) is 5.91 Å². The van der Waals surface area contributed by atoms with Gasteiger partial charge in [-0.25, -0.2) is 0 Å². The highest BCUT2D eigenvalue weighted by Crippen LogP contribution is 2.54. The molecule has 2 atom stereocenters. The van der Waals surface area contributed by atoms with Gasteiger partial charge >= 0.3 is 0 Å². The summed E-state index contributed by atoms with van der Waals surface area (Å²) >= 11 is 0. The van der Waals surface area contributed by atoms with Gasteiger partial charge in [-0.15, -0.1) is 0 Å². The van der Waals surface area contributed by atoms with Gasteiger partial charge in [0.25, 0.3) is 0 Å². The minimum atomic E-state index is -0.873. The van der Waals surface area contributed by atoms with Gasteiger partial charge in [-0.2, -0.15) is 5.26 Å². The van der Waals surface area contributed by atoms with E-state index in [1.54, 1.807) is 20.2 Å². The van der Waals surface area contributed by atoms with E-state index in [4.69, 9.17) is 10.1 Å². The molecule has 1 spiro atoms. The van der Waals surface area contributed by atoms with Gasteiger partial charge in [0.1, 0.15) is 11.2 Å². The largest absolute Gasteiger partial charge is 0.497 e. The van der Waals surface area contributed by atoms with Gasteiger partial charge in [0.15, 0.2) is 5.96 Å². The number of nitriles is 1. The van der Waals surface area contributed by atoms with E-state index >= 15 is 0 Å². The van der Waals surface area contributed by atoms with Crippen LogP contribution in [0.4, 0.5) is 0 Å². The molecule has 0 radical (unpaired) electrons. The van der Waals surface area contributed by atoms with Crippen molar-refractivity contribution in [3.63, 3.8) is 0 Å². The zero-order valence-electron chi connectivity index (χ0n) is 16.2. The number of nitrogens with one attached hydrogen (secondary N) is 2. The number of nitrogens with zero attached hydrogens (tertiary/aromatic N) is 2. The predicted molar refractivity (Wildman–Crippen MR) is 105 cm³/mol. The highest BCUT2D eigenvalue weighted by Gasteiger charge is 2.62. The van der Waals surface area contributed by atoms with Crippen LogP contribution in [0, 0.1) is 16.7 Å². The van der Waals surface area contributed by atoms with E-state index in [1.807, 2.05) is 43.3 Å². The van der Waals surface area contributed by atoms with Crippen molar-refractivity contribution in [3.8, 4) is 11.8 Å². The number of aryl methyl sites for hydroxylation is 1. The number of benzene rings is 2. The van der Waals surface area contributed by atoms with Crippen LogP contribution >= 0.6 is 0 Å². The lowest BCUT2D eigenvalue weighted by atomic mass is 9.61. The third-order valence-electron chi connectivity index (χ3n) is 6.34. The van der Waals surface area contributed by atoms with Gasteiger partial charge in [-0.1, -0.05) is 18.2 Å². The van der Waals surface area contributed by atoms with Crippen molar-refractivity contribution in [2.24, 2.45) is 0 Å². The first kappa shape index (κ1) is 18.1. The van der Waals surface area contributed by atoms with E-state index in [9.17, 15) is 10.1 Å². The Hall–Kier alpha value is -3.33. The molecule has 1 heterocycles. The van der Waals surface area contributed by atoms with Gasteiger partial charge in [-0.05, 0) is 60.7 Å². The van der Waals surface area contributed by atoms with Crippen molar-refractivity contribution < 1.29 is 9.53 Å². The molecule has 28 heavy (non-hydrogen) atoms. The number of amides is 1. The van der Waals surface area contributed by atoms with Crippen LogP contribution in [0.2, 0.25) is 0 Å². The van der Waals surface area contributed by atoms with Crippen LogP contribution in [0.5, 0.6) is 5.75 Å². The third-order valence-corrected chi connectivity index (χ3v) is 6.34. The Morgan fingerprint density at radius 1 is 1.29 bits per heavy atom. The van der Waals surface area contributed by atoms with E-state index in [1.165, 1.54) is 4.90 Å². The van der Waals surface area contributed by atoms with E-state index in [0.29, 0.717) is 12.0 Å². The second kappa shape index (κ2) is 6.10. The third kappa shape index (κ3) is 2.19. The number of guanidine groups is 1. The monoisotopic (exact) mass is 374 g/mol. The van der Waals surface area contributed by atoms with Crippen LogP contribution in [-0.2, 0) is 22.2 Å². The minimum absolute atomic E-state index is 0.0578. The quantitative estimate of drug-likeness (QED) is 0.846. The fourth-order valence-electron chi connectivity index (χ4n) is 4.77. The molecule has 0 saturated carbocycles. The van der Waals surface area contributed by atoms with Crippen molar-refractivity contribution >= 4 is 11.9 Å². The number of carbonyl (C=O) groups is 1. The maximum atomic E-state index is 13.7. The molecule has 0 aromatic heterocycles. The summed E-state index contributed by atoms with van der Waals surface area (Å²) in [4.78, 5) is 15.1. The molecule has 6 heteroatoms. The SMILES string of the molecule is COc1ccc2c(c1)CC[C@]21C(=O)N(C)C(=N)NC1(C)c1cccc(C#N)c1. The summed E-state index contributed by atoms with van der Waals surface area (Å²) in [6.45, 7) is 1.96. The first-order valence-corrected chi connectivity index (χ1v) is 9.20. The Morgan fingerprint density at radius 3 is 2.79 bits per heavy atom. The number of hydrogen-bond donors (Lipinski definition) is 2. The zero-order valence-corrected chi connectivity index (χ0v) is 16.2. The molecule has 2 aromatic rings. The van der Waals surface area contributed by atoms with Crippen molar-refractivity contribution in [3.05, 3.63) is 64.7 Å². The zero-order chi connectivity index (χ0) is 20.1. The highest BCUT2D eigenvalue weighted by molar-refractivity contribution is 6.06. The van der Waals surface area contributed by atoms with Crippen LogP contribution in [0.3, 0.4) is 0 Å². The number of methoxy groups -OCH3 is 1. The van der Waals surface area contributed by atoms with Crippen LogP contribution in [0.1, 0.15) is 35.6 Å². The van der Waals surface area contributed by atoms with E-state index < -0.39 is 11.0 Å². The summed E-state index contributed by atoms with van der Waals surface area (Å²) in [5.74, 6) is 0.716. The normalized spacial score (nSPS) is 26.0. The number of rotatable bonds is 2. The molecule has 1 amide bonds. The summed E-state index contributed by atoms with van der Waals surface area (Å²) < 4.78 is 5.37. The molecule has 142 valence electrons. The fourth-order valence-corrected chi connectivity index (χ4v) is 4.77. The predicted octanol–water partition coefficient (Wildman–Crippen LogP) is 2.66. The summed E-state index contributed by atoms with van der Waals surface area (Å²) in [6.07, 6.45) is 1.36. The van der Waals surface area contributed by atoms with Crippen LogP contribution in [-0.4, -0.2) is 30.9 Å². The summed E-state index contributed by atoms with van der Waals surface area (Å²) in [7, 11) is 3.26. The lowest BCUT2D eigenvalue weighted by Crippen LogP contribution is -2.71. The summed E-state index contributed by atoms with van der Waals surface area (Å²) in [5.41, 5.74) is 1.65. The number of ether oxygens (including phenoxy) is 1. The second-order valence-electron chi connectivity index (χ2n) is 7.58. The van der Waals surface area contributed by atoms with Gasteiger partial charge in [0, 0.05) is 7.05 Å². The average molecular weight is 374 g/mol. The van der Waals surface area contributed by atoms with Gasteiger partial charge in [-0.3, -0.25) is 15.1 Å². The topological polar surface area (TPSA) is 89.2 Å². The van der Waals surface area contributed by atoms with Gasteiger partial charge < -0.3 is 10.1 Å². The fraction of sp³-hybridized carbons (Fsp3) is 0.318. The van der Waals surface area contributed by atoms with E-state index in [-0.39, 0.29) is 11.9 Å². The molecule has 6 nitrogen and oxygen atoms in total. The maximum Gasteiger partial charge on any atom is 0.242 e. The molecular formula is C22H22N4O2. The van der Waals surface area contributed by atoms with Crippen molar-refractivity contribution in [2.45, 2.75) is 30.7 Å². The Kier molecular flexibility index (Phi) is 3.93. The summed E-state index contributed by atoms with van der Waals surface area (Å²) in [6, 6.07) is 15.3. The van der Waals surface area contributed by atoms with Crippen molar-refractivity contribution in [1.82, 2.24) is 10.2 Å². The lowest BCUT2D eigenvalue weighted by molar-refractivity contribution is -0.138. The Labute approximate surface area is 164 Å². The highest BCUT2D eigenvalue weighted by atomic mass is 16.5. The van der Waals surface area contributed by atoms with Crippen molar-refractivity contribution in [1.29, 1.82) is 10.7 Å². The van der Waals surface area contributed by atoms with Crippen LogP contribution in [0.25, 0.3) is 0 Å². The van der Waals surface area contributed by atoms with Crippen molar-refractivity contribution in [2.75, 3.05) is 14.2 Å². The molecule has 2 aromatic carbocycles. The number of hydrogen-bond acceptors (Lipinski definition) is 4. The Balaban J connectivity index is 1.99. The maximum absolute atomic E-state index is 13.7. The Bertz CT molecular complexity index is 1040. The molecule has 2 aliphatic rings. The summed E-state index contributed by atoms with van der Waals surface area (Å²) in [5, 5.41) is 21.0. The lowest BCUT2D eigenvalue weighted by Gasteiger charge is -2.53. The molecule has 1 aliphatic carbocycles. The standard InChI is InChI=1S/C22H22N4O2/c1-21(16-6-4-5-14(11-16)13-23)22(19(27)26(2)20(24)25-21)10-9-15-12-17(28-3)7-8-18(15)22/h4-8,11-12H,9-10H2,1-3H3,(H2,24,25)/t21?,22-/m1/s1. The molecule has 2 N–H and O–H groups in total. The second-order valence-corrected chi connectivity index (χ2v) is 7.58. The Morgan fingerprint density at radius 2 is 2.07 bits per heavy atom. The molecule has 1 fully saturated rings. The average Bonchev–Trinajstić information content (AvgIpc) is 3.11. The molecule has 0 bridgehead atoms. The molecule has 1 unspecified atom stereocenters. The number of fused-ring (bicyclic) bond motifs is 2. The van der Waals surface area contributed by atoms with Crippen LogP contribution in [0.15, 0.2) is 42.5 Å². The molecular weight excluding hydrogens is 352 g/mol. The molecule has 1 saturated heterocycles. The van der Waals surface area contributed by atoms with Gasteiger partial charge in [0.05, 0.1) is 24.3 Å². The molecule has 4 rings (SSSR count). The molecule has 1 aliphatic heterocycles. The van der Waals surface area contributed by atoms with E-state index in [0.717, 1.165) is 28.9 Å². The number of carbonyl (C=O) groups excluding carboxylic acids is 1. The van der Waals surface area contributed by atoms with E-state index in [2.05, 4.69) is 11.4 Å². The minimum Gasteiger partial charge on any atom is -0.497 e. The smallest absolute Gasteiger partial charge is 0.242 e. The first-order chi connectivity index (χ1) is 13.4. The first-order valence-electron chi connectivity index (χ1n) is 9.20. The van der Waals surface area contributed by atoms with Crippen LogP contribution < -0.4 is 10.1 Å².